The maximum absolute atomic E-state index is 12.8. The number of carbonyl (C=O) groups is 3. The Balaban J connectivity index is 4.36. The van der Waals surface area contributed by atoms with Gasteiger partial charge in [0.25, 0.3) is 0 Å². The van der Waals surface area contributed by atoms with Gasteiger partial charge in [-0.3, -0.25) is 14.4 Å². The average molecular weight is 839 g/mol. The summed E-state index contributed by atoms with van der Waals surface area (Å²) in [5, 5.41) is 0. The third-order valence-corrected chi connectivity index (χ3v) is 10.8. The van der Waals surface area contributed by atoms with Gasteiger partial charge in [0.2, 0.25) is 0 Å². The van der Waals surface area contributed by atoms with E-state index in [9.17, 15) is 14.4 Å². The van der Waals surface area contributed by atoms with Crippen molar-refractivity contribution in [3.63, 3.8) is 0 Å². The Labute approximate surface area is 370 Å². The maximum atomic E-state index is 12.8. The van der Waals surface area contributed by atoms with E-state index in [1.807, 2.05) is 0 Å². The third kappa shape index (κ3) is 46.2. The molecule has 0 bridgehead atoms. The Kier molecular flexibility index (Phi) is 46.4. The first kappa shape index (κ1) is 57.1. The van der Waals surface area contributed by atoms with Gasteiger partial charge in [-0.1, -0.05) is 223 Å². The molecule has 0 saturated heterocycles. The van der Waals surface area contributed by atoms with Crippen molar-refractivity contribution in [2.24, 2.45) is 0 Å². The summed E-state index contributed by atoms with van der Waals surface area (Å²) in [5.41, 5.74) is 0. The molecule has 0 saturated carbocycles. The van der Waals surface area contributed by atoms with Crippen LogP contribution in [0.2, 0.25) is 0 Å². The Morgan fingerprint density at radius 1 is 0.350 bits per heavy atom. The Morgan fingerprint density at radius 2 is 0.650 bits per heavy atom. The van der Waals surface area contributed by atoms with Crippen molar-refractivity contribution < 1.29 is 28.6 Å². The van der Waals surface area contributed by atoms with Gasteiger partial charge in [-0.2, -0.15) is 0 Å². The van der Waals surface area contributed by atoms with Crippen LogP contribution in [0.25, 0.3) is 0 Å². The van der Waals surface area contributed by atoms with Gasteiger partial charge in [0, 0.05) is 19.3 Å². The number of hydrogen-bond donors (Lipinski definition) is 0. The molecule has 0 aliphatic heterocycles. The molecule has 1 atom stereocenters. The summed E-state index contributed by atoms with van der Waals surface area (Å²) in [6, 6.07) is 0. The van der Waals surface area contributed by atoms with Gasteiger partial charge in [0.1, 0.15) is 13.2 Å². The molecule has 0 fully saturated rings. The summed E-state index contributed by atoms with van der Waals surface area (Å²) in [7, 11) is 0. The molecule has 0 N–H and O–H groups in total. The van der Waals surface area contributed by atoms with Crippen LogP contribution in [0.15, 0.2) is 60.8 Å². The van der Waals surface area contributed by atoms with E-state index in [0.29, 0.717) is 19.3 Å². The van der Waals surface area contributed by atoms with E-state index in [-0.39, 0.29) is 31.1 Å². The van der Waals surface area contributed by atoms with Crippen LogP contribution in [0, 0.1) is 0 Å². The van der Waals surface area contributed by atoms with Crippen molar-refractivity contribution in [2.45, 2.75) is 252 Å². The highest BCUT2D eigenvalue weighted by Gasteiger charge is 2.19. The predicted molar refractivity (Wildman–Crippen MR) is 256 cm³/mol. The summed E-state index contributed by atoms with van der Waals surface area (Å²) in [6.07, 6.45) is 59.2. The van der Waals surface area contributed by atoms with Gasteiger partial charge in [-0.25, -0.2) is 0 Å². The van der Waals surface area contributed by atoms with E-state index in [1.165, 1.54) is 116 Å². The second-order valence-electron chi connectivity index (χ2n) is 16.8. The molecule has 0 aromatic heterocycles. The SMILES string of the molecule is CC\C=C/C=C\C=C/CCCCCCCCCC(=O)OC(COC(=O)CCCCCCC/C=C\C=C/CCCCCCCCC)COC(=O)CCCCCCCCCCC. The van der Waals surface area contributed by atoms with E-state index in [0.717, 1.165) is 89.9 Å². The summed E-state index contributed by atoms with van der Waals surface area (Å²) < 4.78 is 16.7. The minimum Gasteiger partial charge on any atom is -0.462 e. The molecule has 0 radical (unpaired) electrons. The fourth-order valence-electron chi connectivity index (χ4n) is 7.02. The molecule has 0 spiro atoms. The van der Waals surface area contributed by atoms with Crippen LogP contribution in [0.3, 0.4) is 0 Å². The normalized spacial score (nSPS) is 12.5. The van der Waals surface area contributed by atoms with Crippen molar-refractivity contribution in [3.05, 3.63) is 60.8 Å². The molecule has 0 aromatic carbocycles. The zero-order chi connectivity index (χ0) is 43.7. The molecule has 0 amide bonds. The number of ether oxygens (including phenoxy) is 3. The first-order chi connectivity index (χ1) is 29.5. The average Bonchev–Trinajstić information content (AvgIpc) is 3.24. The van der Waals surface area contributed by atoms with Gasteiger partial charge in [-0.05, 0) is 64.2 Å². The summed E-state index contributed by atoms with van der Waals surface area (Å²) >= 11 is 0. The first-order valence-electron chi connectivity index (χ1n) is 25.3. The predicted octanol–water partition coefficient (Wildman–Crippen LogP) is 16.5. The molecular weight excluding hydrogens is 745 g/mol. The van der Waals surface area contributed by atoms with Crippen molar-refractivity contribution in [1.29, 1.82) is 0 Å². The lowest BCUT2D eigenvalue weighted by molar-refractivity contribution is -0.167. The summed E-state index contributed by atoms with van der Waals surface area (Å²) in [6.45, 7) is 6.46. The van der Waals surface area contributed by atoms with Gasteiger partial charge >= 0.3 is 17.9 Å². The fourth-order valence-corrected chi connectivity index (χ4v) is 7.02. The maximum Gasteiger partial charge on any atom is 0.306 e. The molecule has 60 heavy (non-hydrogen) atoms. The Hall–Kier alpha value is -2.89. The van der Waals surface area contributed by atoms with Crippen molar-refractivity contribution >= 4 is 17.9 Å². The van der Waals surface area contributed by atoms with Gasteiger partial charge in [0.05, 0.1) is 0 Å². The number of esters is 3. The standard InChI is InChI=1S/C54H94O6/c1-4-7-10-13-16-19-21-23-25-26-27-29-30-32-35-38-41-44-47-53(56)59-50-51(49-58-52(55)46-43-40-37-34-18-15-12-9-6-3)60-54(57)48-45-42-39-36-33-31-28-24-22-20-17-14-11-8-5-2/h8,11,14,17,20,22,25-27,29,51H,4-7,9-10,12-13,15-16,18-19,21,23-24,28,30-50H2,1-3H3/b11-8-,17-14-,22-20-,26-25-,29-27-. The molecule has 6 heteroatoms. The zero-order valence-corrected chi connectivity index (χ0v) is 39.5. The largest absolute Gasteiger partial charge is 0.462 e. The number of unbranched alkanes of at least 4 members (excludes halogenated alkanes) is 27. The topological polar surface area (TPSA) is 78.9 Å². The van der Waals surface area contributed by atoms with Crippen molar-refractivity contribution in [2.75, 3.05) is 13.2 Å². The second kappa shape index (κ2) is 48.8. The lowest BCUT2D eigenvalue weighted by Crippen LogP contribution is -2.30. The molecule has 0 heterocycles. The van der Waals surface area contributed by atoms with E-state index in [2.05, 4.69) is 81.5 Å². The van der Waals surface area contributed by atoms with Crippen molar-refractivity contribution in [1.82, 2.24) is 0 Å². The summed E-state index contributed by atoms with van der Waals surface area (Å²) in [4.78, 5) is 37.9. The van der Waals surface area contributed by atoms with E-state index in [1.54, 1.807) is 0 Å². The molecule has 0 aromatic rings. The second-order valence-corrected chi connectivity index (χ2v) is 16.8. The number of carbonyl (C=O) groups excluding carboxylic acids is 3. The van der Waals surface area contributed by atoms with Crippen LogP contribution < -0.4 is 0 Å². The van der Waals surface area contributed by atoms with E-state index < -0.39 is 6.10 Å². The van der Waals surface area contributed by atoms with Crippen LogP contribution >= 0.6 is 0 Å². The Morgan fingerprint density at radius 3 is 1.02 bits per heavy atom. The van der Waals surface area contributed by atoms with Crippen LogP contribution in [0.4, 0.5) is 0 Å². The molecule has 346 valence electrons. The molecule has 6 nitrogen and oxygen atoms in total. The van der Waals surface area contributed by atoms with E-state index >= 15 is 0 Å². The molecule has 1 unspecified atom stereocenters. The molecular formula is C54H94O6. The van der Waals surface area contributed by atoms with Crippen LogP contribution in [0.1, 0.15) is 245 Å². The van der Waals surface area contributed by atoms with Crippen LogP contribution in [-0.2, 0) is 28.6 Å². The number of allylic oxidation sites excluding steroid dienone is 10. The highest BCUT2D eigenvalue weighted by Crippen LogP contribution is 2.14. The van der Waals surface area contributed by atoms with Gasteiger partial charge in [-0.15, -0.1) is 0 Å². The van der Waals surface area contributed by atoms with Crippen LogP contribution in [0.5, 0.6) is 0 Å². The van der Waals surface area contributed by atoms with Gasteiger partial charge in [0.15, 0.2) is 6.10 Å². The third-order valence-electron chi connectivity index (χ3n) is 10.8. The Bertz CT molecular complexity index is 1100. The molecule has 0 rings (SSSR count). The minimum absolute atomic E-state index is 0.0832. The first-order valence-corrected chi connectivity index (χ1v) is 25.3. The smallest absolute Gasteiger partial charge is 0.306 e. The lowest BCUT2D eigenvalue weighted by Gasteiger charge is -2.18. The highest BCUT2D eigenvalue weighted by atomic mass is 16.6. The molecule has 0 aliphatic carbocycles. The highest BCUT2D eigenvalue weighted by molar-refractivity contribution is 5.71. The molecule has 0 aliphatic rings. The van der Waals surface area contributed by atoms with Gasteiger partial charge < -0.3 is 14.2 Å². The summed E-state index contributed by atoms with van der Waals surface area (Å²) in [5.74, 6) is -0.911. The zero-order valence-electron chi connectivity index (χ0n) is 39.5. The minimum atomic E-state index is -0.783. The monoisotopic (exact) mass is 839 g/mol. The van der Waals surface area contributed by atoms with Crippen molar-refractivity contribution in [3.8, 4) is 0 Å². The van der Waals surface area contributed by atoms with E-state index in [4.69, 9.17) is 14.2 Å². The number of rotatable bonds is 45. The fraction of sp³-hybridized carbons (Fsp3) is 0.759. The quantitative estimate of drug-likeness (QED) is 0.0263. The number of hydrogen-bond acceptors (Lipinski definition) is 6. The van der Waals surface area contributed by atoms with Crippen LogP contribution in [-0.4, -0.2) is 37.2 Å². The lowest BCUT2D eigenvalue weighted by atomic mass is 10.1.